The summed E-state index contributed by atoms with van der Waals surface area (Å²) in [5, 5.41) is 62.3. The first kappa shape index (κ1) is 30.1. The van der Waals surface area contributed by atoms with Crippen molar-refractivity contribution in [2.24, 2.45) is 11.8 Å². The molecule has 0 bridgehead atoms. The summed E-state index contributed by atoms with van der Waals surface area (Å²) in [6.45, 7) is 9.40. The molecule has 0 spiro atoms. The molecule has 2 aliphatic rings. The van der Waals surface area contributed by atoms with E-state index < -0.39 is 49.2 Å². The van der Waals surface area contributed by atoms with Gasteiger partial charge in [-0.05, 0) is 57.1 Å². The van der Waals surface area contributed by atoms with Crippen molar-refractivity contribution in [1.29, 1.82) is 0 Å². The lowest BCUT2D eigenvalue weighted by atomic mass is 9.73. The molecular weight excluding hydrogens is 492 g/mol. The lowest BCUT2D eigenvalue weighted by Crippen LogP contribution is -2.57. The quantitative estimate of drug-likeness (QED) is 0.184. The molecule has 1 saturated heterocycles. The van der Waals surface area contributed by atoms with Gasteiger partial charge < -0.3 is 40.1 Å². The molecule has 1 aliphatic carbocycles. The normalized spacial score (nSPS) is 29.6. The van der Waals surface area contributed by atoms with Crippen molar-refractivity contribution in [2.45, 2.75) is 96.4 Å². The number of hydrogen-bond acceptors (Lipinski definition) is 8. The lowest BCUT2D eigenvalue weighted by Gasteiger charge is -2.41. The van der Waals surface area contributed by atoms with E-state index >= 15 is 0 Å². The summed E-state index contributed by atoms with van der Waals surface area (Å²) >= 11 is 0. The average Bonchev–Trinajstić information content (AvgIpc) is 2.85. The maximum atomic E-state index is 12.7. The molecule has 9 heteroatoms. The third-order valence-electron chi connectivity index (χ3n) is 7.76. The van der Waals surface area contributed by atoms with E-state index in [1.165, 1.54) is 6.07 Å². The van der Waals surface area contributed by atoms with Crippen LogP contribution < -0.4 is 4.74 Å². The summed E-state index contributed by atoms with van der Waals surface area (Å²) in [7, 11) is 0. The second kappa shape index (κ2) is 13.1. The van der Waals surface area contributed by atoms with Crippen molar-refractivity contribution in [3.63, 3.8) is 0 Å². The first-order valence-electron chi connectivity index (χ1n) is 13.4. The highest BCUT2D eigenvalue weighted by Crippen LogP contribution is 2.49. The number of carboxylic acid groups (broad SMARTS) is 1. The fraction of sp³-hybridized carbons (Fsp3) is 0.621. The third kappa shape index (κ3) is 6.40. The lowest BCUT2D eigenvalue weighted by molar-refractivity contribution is -0.313. The predicted molar refractivity (Wildman–Crippen MR) is 141 cm³/mol. The van der Waals surface area contributed by atoms with E-state index in [0.29, 0.717) is 18.4 Å². The molecule has 6 N–H and O–H groups in total. The van der Waals surface area contributed by atoms with Crippen LogP contribution in [0, 0.1) is 11.8 Å². The van der Waals surface area contributed by atoms with E-state index in [2.05, 4.69) is 13.5 Å². The number of phenols is 1. The van der Waals surface area contributed by atoms with Crippen LogP contribution in [0.25, 0.3) is 0 Å². The van der Waals surface area contributed by atoms with Gasteiger partial charge in [0.05, 0.1) is 18.6 Å². The molecule has 1 aromatic carbocycles. The number of hydrogen-bond donors (Lipinski definition) is 6. The number of aromatic hydroxyl groups is 1. The van der Waals surface area contributed by atoms with Gasteiger partial charge in [0.2, 0.25) is 6.29 Å². The van der Waals surface area contributed by atoms with Gasteiger partial charge >= 0.3 is 5.97 Å². The second-order valence-electron chi connectivity index (χ2n) is 10.7. The number of allylic oxidation sites excluding steroid dienone is 3. The Morgan fingerprint density at radius 1 is 1.18 bits per heavy atom. The number of benzene rings is 1. The Labute approximate surface area is 224 Å². The van der Waals surface area contributed by atoms with E-state index in [1.54, 1.807) is 0 Å². The average molecular weight is 535 g/mol. The minimum absolute atomic E-state index is 0.0945. The number of ether oxygens (including phenoxy) is 2. The number of carbonyl (C=O) groups is 1. The molecular formula is C29H42O9. The predicted octanol–water partition coefficient (Wildman–Crippen LogP) is 3.61. The number of phenolic OH excluding ortho intramolecular Hbond substituents is 1. The Balaban J connectivity index is 2.21. The number of aliphatic hydroxyl groups excluding tert-OH is 4. The minimum atomic E-state index is -1.82. The standard InChI is InChI=1S/C29H42O9/c1-5-6-7-8-9-17-13-21(31)23(19-12-16(4)10-11-18(19)15(2)3)26(22(17)27(34)35)37-29-20(14-30)24(32)25(33)28(36)38-29/h12-13,18-20,24-25,28-33,36H,2,5-11,14H2,1,3-4H3,(H,34,35)/t18-,19+,20+,24+,25-,28-,29?/m0/s1. The van der Waals surface area contributed by atoms with Gasteiger partial charge in [-0.1, -0.05) is 50.0 Å². The maximum absolute atomic E-state index is 12.7. The Morgan fingerprint density at radius 2 is 1.89 bits per heavy atom. The van der Waals surface area contributed by atoms with Crippen molar-refractivity contribution in [3.05, 3.63) is 46.6 Å². The Kier molecular flexibility index (Phi) is 10.4. The molecule has 0 saturated carbocycles. The number of unbranched alkanes of at least 4 members (excludes halogenated alkanes) is 3. The van der Waals surface area contributed by atoms with Gasteiger partial charge in [-0.3, -0.25) is 0 Å². The van der Waals surface area contributed by atoms with Gasteiger partial charge in [-0.15, -0.1) is 0 Å². The summed E-state index contributed by atoms with van der Waals surface area (Å²) in [5.74, 6) is -3.24. The van der Waals surface area contributed by atoms with Gasteiger partial charge in [-0.25, -0.2) is 4.79 Å². The highest BCUT2D eigenvalue weighted by atomic mass is 16.7. The van der Waals surface area contributed by atoms with Crippen molar-refractivity contribution in [2.75, 3.05) is 6.61 Å². The highest BCUT2D eigenvalue weighted by Gasteiger charge is 2.46. The number of rotatable bonds is 11. The van der Waals surface area contributed by atoms with E-state index in [0.717, 1.165) is 43.3 Å². The summed E-state index contributed by atoms with van der Waals surface area (Å²) in [6.07, 6.45) is 1.01. The first-order valence-corrected chi connectivity index (χ1v) is 13.4. The number of aromatic carboxylic acids is 1. The highest BCUT2D eigenvalue weighted by molar-refractivity contribution is 5.94. The van der Waals surface area contributed by atoms with E-state index in [9.17, 15) is 35.4 Å². The zero-order valence-electron chi connectivity index (χ0n) is 22.5. The smallest absolute Gasteiger partial charge is 0.339 e. The van der Waals surface area contributed by atoms with Crippen LogP contribution in [0.2, 0.25) is 0 Å². The van der Waals surface area contributed by atoms with Crippen LogP contribution in [0.5, 0.6) is 11.5 Å². The zero-order valence-corrected chi connectivity index (χ0v) is 22.5. The minimum Gasteiger partial charge on any atom is -0.507 e. The van der Waals surface area contributed by atoms with Crippen molar-refractivity contribution < 1.29 is 44.9 Å². The molecule has 38 heavy (non-hydrogen) atoms. The van der Waals surface area contributed by atoms with Crippen LogP contribution in [0.15, 0.2) is 29.9 Å². The SMILES string of the molecule is C=C(C)[C@@H]1CCC(C)=C[C@H]1c1c(O)cc(CCCCCC)c(C(=O)O)c1OC1O[C@H](O)[C@@H](O)[C@H](O)[C@H]1CO. The Hall–Kier alpha value is -2.43. The largest absolute Gasteiger partial charge is 0.507 e. The van der Waals surface area contributed by atoms with E-state index in [1.807, 2.05) is 19.9 Å². The summed E-state index contributed by atoms with van der Waals surface area (Å²) in [5.41, 5.74) is 2.46. The molecule has 7 atom stereocenters. The fourth-order valence-corrected chi connectivity index (χ4v) is 5.56. The molecule has 1 fully saturated rings. The van der Waals surface area contributed by atoms with Crippen molar-refractivity contribution in [1.82, 2.24) is 0 Å². The Morgan fingerprint density at radius 3 is 2.50 bits per heavy atom. The number of aliphatic hydroxyl groups is 4. The molecule has 9 nitrogen and oxygen atoms in total. The molecule has 212 valence electrons. The molecule has 1 aromatic rings. The third-order valence-corrected chi connectivity index (χ3v) is 7.76. The van der Waals surface area contributed by atoms with E-state index in [4.69, 9.17) is 9.47 Å². The molecule has 0 aromatic heterocycles. The summed E-state index contributed by atoms with van der Waals surface area (Å²) < 4.78 is 11.5. The van der Waals surface area contributed by atoms with Crippen LogP contribution in [-0.4, -0.2) is 68.0 Å². The van der Waals surface area contributed by atoms with Crippen molar-refractivity contribution in [3.8, 4) is 11.5 Å². The van der Waals surface area contributed by atoms with Gasteiger partial charge in [-0.2, -0.15) is 0 Å². The van der Waals surface area contributed by atoms with Crippen LogP contribution in [0.4, 0.5) is 0 Å². The molecule has 0 amide bonds. The van der Waals surface area contributed by atoms with Gasteiger partial charge in [0.25, 0.3) is 0 Å². The topological polar surface area (TPSA) is 157 Å². The molecule has 1 aliphatic heterocycles. The molecule has 1 unspecified atom stereocenters. The first-order chi connectivity index (χ1) is 18.0. The van der Waals surface area contributed by atoms with Gasteiger partial charge in [0.15, 0.2) is 6.29 Å². The van der Waals surface area contributed by atoms with Gasteiger partial charge in [0, 0.05) is 11.5 Å². The second-order valence-corrected chi connectivity index (χ2v) is 10.7. The van der Waals surface area contributed by atoms with Crippen LogP contribution in [0.1, 0.15) is 86.7 Å². The summed E-state index contributed by atoms with van der Waals surface area (Å²) in [4.78, 5) is 12.7. The van der Waals surface area contributed by atoms with E-state index in [-0.39, 0.29) is 28.5 Å². The molecule has 1 heterocycles. The monoisotopic (exact) mass is 534 g/mol. The number of aryl methyl sites for hydroxylation is 1. The van der Waals surface area contributed by atoms with Crippen LogP contribution >= 0.6 is 0 Å². The Bertz CT molecular complexity index is 1030. The maximum Gasteiger partial charge on any atom is 0.339 e. The zero-order chi connectivity index (χ0) is 28.1. The van der Waals surface area contributed by atoms with Gasteiger partial charge in [0.1, 0.15) is 23.2 Å². The molecule has 0 radical (unpaired) electrons. The van der Waals surface area contributed by atoms with Crippen LogP contribution in [0.3, 0.4) is 0 Å². The molecule has 3 rings (SSSR count). The van der Waals surface area contributed by atoms with Crippen LogP contribution in [-0.2, 0) is 11.2 Å². The number of carboxylic acids is 1. The van der Waals surface area contributed by atoms with Crippen molar-refractivity contribution >= 4 is 5.97 Å². The fourth-order valence-electron chi connectivity index (χ4n) is 5.56. The summed E-state index contributed by atoms with van der Waals surface area (Å²) in [6, 6.07) is 1.49.